The van der Waals surface area contributed by atoms with Crippen molar-refractivity contribution in [3.05, 3.63) is 44.4 Å². The summed E-state index contributed by atoms with van der Waals surface area (Å²) >= 11 is 7.58. The molecule has 3 aliphatic rings. The van der Waals surface area contributed by atoms with E-state index in [0.29, 0.717) is 16.5 Å². The Morgan fingerprint density at radius 1 is 1.22 bits per heavy atom. The van der Waals surface area contributed by atoms with Gasteiger partial charge in [0.2, 0.25) is 5.91 Å². The first-order valence-corrected chi connectivity index (χ1v) is 12.5. The molecule has 1 aromatic carbocycles. The molecule has 2 aliphatic heterocycles. The summed E-state index contributed by atoms with van der Waals surface area (Å²) in [6.07, 6.45) is 5.31. The van der Waals surface area contributed by atoms with E-state index in [4.69, 9.17) is 11.6 Å². The first-order valence-electron chi connectivity index (χ1n) is 11.3. The number of halogens is 1. The lowest BCUT2D eigenvalue weighted by molar-refractivity contribution is -0.122. The van der Waals surface area contributed by atoms with Crippen LogP contribution >= 0.6 is 22.9 Å². The third-order valence-electron chi connectivity index (χ3n) is 6.66. The topological polar surface area (TPSA) is 86.4 Å². The number of fused-ring (bicyclic) bond motifs is 2. The number of hydrogen-bond donors (Lipinski definition) is 3. The van der Waals surface area contributed by atoms with Crippen LogP contribution in [0.4, 0.5) is 5.69 Å². The van der Waals surface area contributed by atoms with Crippen LogP contribution in [-0.4, -0.2) is 53.4 Å². The van der Waals surface area contributed by atoms with E-state index in [1.54, 1.807) is 0 Å². The second-order valence-electron chi connectivity index (χ2n) is 9.06. The predicted molar refractivity (Wildman–Crippen MR) is 126 cm³/mol. The van der Waals surface area contributed by atoms with Crippen molar-refractivity contribution in [1.82, 2.24) is 20.5 Å². The molecule has 3 N–H and O–H groups in total. The molecule has 3 atom stereocenters. The van der Waals surface area contributed by atoms with Crippen LogP contribution in [0.15, 0.2) is 18.2 Å². The molecule has 1 saturated carbocycles. The number of aromatic nitrogens is 1. The summed E-state index contributed by atoms with van der Waals surface area (Å²) in [5.41, 5.74) is 3.07. The lowest BCUT2D eigenvalue weighted by Gasteiger charge is -2.33. The van der Waals surface area contributed by atoms with E-state index in [2.05, 4.69) is 32.9 Å². The zero-order chi connectivity index (χ0) is 22.2. The van der Waals surface area contributed by atoms with Crippen molar-refractivity contribution in [3.63, 3.8) is 0 Å². The number of anilines is 1. The Kier molecular flexibility index (Phi) is 6.09. The smallest absolute Gasteiger partial charge is 0.280 e. The Bertz CT molecular complexity index is 1040. The fraction of sp³-hybridized carbons (Fsp3) is 0.522. The molecule has 1 unspecified atom stereocenters. The molecule has 5 rings (SSSR count). The van der Waals surface area contributed by atoms with Gasteiger partial charge in [-0.3, -0.25) is 9.59 Å². The van der Waals surface area contributed by atoms with Crippen LogP contribution in [0.25, 0.3) is 0 Å². The average Bonchev–Trinajstić information content (AvgIpc) is 3.38. The van der Waals surface area contributed by atoms with E-state index >= 15 is 0 Å². The minimum Gasteiger partial charge on any atom is -0.373 e. The molecule has 1 aliphatic carbocycles. The monoisotopic (exact) mass is 473 g/mol. The van der Waals surface area contributed by atoms with Crippen LogP contribution in [0.1, 0.15) is 51.6 Å². The van der Waals surface area contributed by atoms with E-state index in [9.17, 15) is 9.59 Å². The number of benzene rings is 1. The van der Waals surface area contributed by atoms with Crippen molar-refractivity contribution >= 4 is 40.4 Å². The van der Waals surface area contributed by atoms with E-state index < -0.39 is 0 Å². The molecule has 170 valence electrons. The van der Waals surface area contributed by atoms with Crippen molar-refractivity contribution in [3.8, 4) is 0 Å². The summed E-state index contributed by atoms with van der Waals surface area (Å²) < 4.78 is 0. The summed E-state index contributed by atoms with van der Waals surface area (Å²) in [6, 6.07) is 5.18. The van der Waals surface area contributed by atoms with Gasteiger partial charge in [-0.05, 0) is 43.7 Å². The molecule has 32 heavy (non-hydrogen) atoms. The van der Waals surface area contributed by atoms with Gasteiger partial charge in [-0.15, -0.1) is 11.3 Å². The standard InChI is InChI=1S/C23H28ClN5O2S/c1-29-9-8-18-20(12-29)32-23(28-18)22(31)27-17-5-3-2-4-16(17)26-21(30)19-11-13-10-14(24)6-7-15(13)25-19/h6-7,10,16-17,19,25H,2-5,8-9,11-12H2,1H3,(H,26,30)(H,27,31)/t16-,17+,19?/m0/s1. The molecule has 9 heteroatoms. The maximum Gasteiger partial charge on any atom is 0.280 e. The van der Waals surface area contributed by atoms with Crippen LogP contribution in [0.5, 0.6) is 0 Å². The summed E-state index contributed by atoms with van der Waals surface area (Å²) in [5.74, 6) is -0.157. The number of hydrogen-bond acceptors (Lipinski definition) is 6. The van der Waals surface area contributed by atoms with Crippen LogP contribution in [0.2, 0.25) is 5.02 Å². The van der Waals surface area contributed by atoms with Crippen LogP contribution in [0.3, 0.4) is 0 Å². The van der Waals surface area contributed by atoms with E-state index in [-0.39, 0.29) is 29.9 Å². The molecule has 1 aromatic heterocycles. The average molecular weight is 474 g/mol. The van der Waals surface area contributed by atoms with Crippen molar-refractivity contribution < 1.29 is 9.59 Å². The van der Waals surface area contributed by atoms with Crippen LogP contribution < -0.4 is 16.0 Å². The van der Waals surface area contributed by atoms with E-state index in [1.165, 1.54) is 16.2 Å². The first kappa shape index (κ1) is 21.7. The van der Waals surface area contributed by atoms with Gasteiger partial charge in [0.05, 0.1) is 5.69 Å². The van der Waals surface area contributed by atoms with Gasteiger partial charge in [-0.2, -0.15) is 0 Å². The summed E-state index contributed by atoms with van der Waals surface area (Å²) in [5, 5.41) is 10.9. The number of likely N-dealkylation sites (N-methyl/N-ethyl adjacent to an activating group) is 1. The fourth-order valence-corrected chi connectivity index (χ4v) is 6.19. The van der Waals surface area contributed by atoms with Crippen molar-refractivity contribution in [2.45, 2.75) is 63.2 Å². The Labute approximate surface area is 196 Å². The molecule has 7 nitrogen and oxygen atoms in total. The largest absolute Gasteiger partial charge is 0.373 e. The Balaban J connectivity index is 1.22. The minimum atomic E-state index is -0.315. The second-order valence-corrected chi connectivity index (χ2v) is 10.6. The highest BCUT2D eigenvalue weighted by atomic mass is 35.5. The maximum atomic E-state index is 13.0. The van der Waals surface area contributed by atoms with Gasteiger partial charge >= 0.3 is 0 Å². The molecule has 0 radical (unpaired) electrons. The SMILES string of the molecule is CN1CCc2nc(C(=O)N[C@@H]3CCCC[C@@H]3NC(=O)C3Cc4cc(Cl)ccc4N3)sc2C1. The molecular weight excluding hydrogens is 446 g/mol. The molecule has 1 fully saturated rings. The quantitative estimate of drug-likeness (QED) is 0.635. The first-order chi connectivity index (χ1) is 15.5. The van der Waals surface area contributed by atoms with Crippen LogP contribution in [-0.2, 0) is 24.2 Å². The Hall–Kier alpha value is -2.16. The van der Waals surface area contributed by atoms with E-state index in [0.717, 1.165) is 62.1 Å². The number of carbonyl (C=O) groups excluding carboxylic acids is 2. The van der Waals surface area contributed by atoms with Crippen LogP contribution in [0, 0.1) is 0 Å². The molecule has 0 bridgehead atoms. The molecule has 0 spiro atoms. The van der Waals surface area contributed by atoms with Crippen molar-refractivity contribution in [2.24, 2.45) is 0 Å². The molecule has 0 saturated heterocycles. The zero-order valence-corrected chi connectivity index (χ0v) is 19.7. The van der Waals surface area contributed by atoms with Crippen molar-refractivity contribution in [1.29, 1.82) is 0 Å². The predicted octanol–water partition coefficient (Wildman–Crippen LogP) is 2.98. The molecular formula is C23H28ClN5O2S. The van der Waals surface area contributed by atoms with Crippen molar-refractivity contribution in [2.75, 3.05) is 18.9 Å². The number of thiazole rings is 1. The van der Waals surface area contributed by atoms with Gasteiger partial charge in [0.25, 0.3) is 5.91 Å². The number of amides is 2. The highest BCUT2D eigenvalue weighted by Crippen LogP contribution is 2.29. The Morgan fingerprint density at radius 2 is 2.00 bits per heavy atom. The lowest BCUT2D eigenvalue weighted by atomic mass is 9.90. The van der Waals surface area contributed by atoms with Gasteiger partial charge in [0.15, 0.2) is 5.01 Å². The van der Waals surface area contributed by atoms with Gasteiger partial charge in [0, 0.05) is 53.6 Å². The summed E-state index contributed by atoms with van der Waals surface area (Å²) in [7, 11) is 2.09. The molecule has 2 amide bonds. The molecule has 3 heterocycles. The number of carbonyl (C=O) groups is 2. The van der Waals surface area contributed by atoms with E-state index in [1.807, 2.05) is 18.2 Å². The summed E-state index contributed by atoms with van der Waals surface area (Å²) in [4.78, 5) is 34.0. The number of nitrogens with one attached hydrogen (secondary N) is 3. The third kappa shape index (κ3) is 4.49. The van der Waals surface area contributed by atoms with Gasteiger partial charge in [0.1, 0.15) is 6.04 Å². The van der Waals surface area contributed by atoms with Gasteiger partial charge in [-0.25, -0.2) is 4.98 Å². The lowest BCUT2D eigenvalue weighted by Crippen LogP contribution is -2.55. The summed E-state index contributed by atoms with van der Waals surface area (Å²) in [6.45, 7) is 1.82. The third-order valence-corrected chi connectivity index (χ3v) is 7.98. The zero-order valence-electron chi connectivity index (χ0n) is 18.1. The maximum absolute atomic E-state index is 13.0. The van der Waals surface area contributed by atoms with Gasteiger partial charge < -0.3 is 20.9 Å². The highest BCUT2D eigenvalue weighted by Gasteiger charge is 2.33. The number of rotatable bonds is 4. The number of nitrogens with zero attached hydrogens (tertiary/aromatic N) is 2. The fourth-order valence-electron chi connectivity index (χ4n) is 4.90. The van der Waals surface area contributed by atoms with Gasteiger partial charge in [-0.1, -0.05) is 24.4 Å². The highest BCUT2D eigenvalue weighted by molar-refractivity contribution is 7.13. The second kappa shape index (κ2) is 9.00. The normalized spacial score (nSPS) is 24.9. The molecule has 2 aromatic rings. The Morgan fingerprint density at radius 3 is 2.81 bits per heavy atom. The minimum absolute atomic E-state index is 0.0313.